The first kappa shape index (κ1) is 12.8. The molecule has 0 amide bonds. The van der Waals surface area contributed by atoms with Gasteiger partial charge >= 0.3 is 0 Å². The Hall–Kier alpha value is -0.670. The molecular formula is C14H22N2S. The fourth-order valence-electron chi connectivity index (χ4n) is 2.29. The fraction of sp³-hybridized carbons (Fsp3) is 0.571. The molecule has 0 aromatic heterocycles. The van der Waals surface area contributed by atoms with E-state index in [4.69, 9.17) is 0 Å². The molecule has 0 saturated carbocycles. The minimum atomic E-state index is 1.05. The molecule has 3 heteroatoms. The van der Waals surface area contributed by atoms with Gasteiger partial charge in [0, 0.05) is 23.5 Å². The molecule has 0 spiro atoms. The molecule has 1 aromatic carbocycles. The Labute approximate surface area is 109 Å². The van der Waals surface area contributed by atoms with Crippen molar-refractivity contribution in [2.24, 2.45) is 0 Å². The highest BCUT2D eigenvalue weighted by atomic mass is 32.2. The van der Waals surface area contributed by atoms with Crippen LogP contribution in [0.15, 0.2) is 23.1 Å². The van der Waals surface area contributed by atoms with Gasteiger partial charge in [-0.1, -0.05) is 32.3 Å². The van der Waals surface area contributed by atoms with E-state index in [2.05, 4.69) is 41.8 Å². The first-order valence-electron chi connectivity index (χ1n) is 6.52. The van der Waals surface area contributed by atoms with E-state index in [0.717, 1.165) is 13.1 Å². The third-order valence-electron chi connectivity index (χ3n) is 3.26. The van der Waals surface area contributed by atoms with Gasteiger partial charge in [0.2, 0.25) is 0 Å². The van der Waals surface area contributed by atoms with Crippen molar-refractivity contribution in [1.82, 2.24) is 5.01 Å². The number of benzene rings is 1. The van der Waals surface area contributed by atoms with Crippen LogP contribution < -0.4 is 5.43 Å². The number of nitrogens with one attached hydrogen (secondary N) is 1. The van der Waals surface area contributed by atoms with Crippen molar-refractivity contribution in [3.63, 3.8) is 0 Å². The summed E-state index contributed by atoms with van der Waals surface area (Å²) in [6.07, 6.45) is 7.46. The molecule has 0 atom stereocenters. The predicted octanol–water partition coefficient (Wildman–Crippen LogP) is 4.13. The molecule has 2 nitrogen and oxygen atoms in total. The highest BCUT2D eigenvalue weighted by Gasteiger charge is 2.19. The number of anilines is 1. The van der Waals surface area contributed by atoms with Crippen molar-refractivity contribution in [3.8, 4) is 0 Å². The zero-order valence-corrected chi connectivity index (χ0v) is 11.6. The van der Waals surface area contributed by atoms with Gasteiger partial charge in [0.25, 0.3) is 0 Å². The van der Waals surface area contributed by atoms with E-state index in [9.17, 15) is 0 Å². The molecule has 0 bridgehead atoms. The maximum atomic E-state index is 3.51. The van der Waals surface area contributed by atoms with Crippen LogP contribution in [0.1, 0.15) is 38.2 Å². The first-order chi connectivity index (χ1) is 8.35. The average Bonchev–Trinajstić information content (AvgIpc) is 2.77. The lowest BCUT2D eigenvalue weighted by atomic mass is 10.2. The second kappa shape index (κ2) is 6.31. The Kier molecular flexibility index (Phi) is 4.75. The topological polar surface area (TPSA) is 15.3 Å². The lowest BCUT2D eigenvalue weighted by molar-refractivity contribution is 0.330. The summed E-state index contributed by atoms with van der Waals surface area (Å²) in [5.74, 6) is 0. The van der Waals surface area contributed by atoms with Gasteiger partial charge < -0.3 is 5.43 Å². The first-order valence-corrected chi connectivity index (χ1v) is 7.75. The molecule has 1 heterocycles. The zero-order valence-electron chi connectivity index (χ0n) is 10.8. The van der Waals surface area contributed by atoms with Gasteiger partial charge in [-0.25, -0.2) is 5.01 Å². The summed E-state index contributed by atoms with van der Waals surface area (Å²) < 4.78 is 0. The number of unbranched alkanes of at least 4 members (excludes halogenated alkanes) is 3. The normalized spacial score (nSPS) is 14.7. The third-order valence-corrected chi connectivity index (χ3v) is 4.08. The van der Waals surface area contributed by atoms with Crippen LogP contribution in [0.25, 0.3) is 0 Å². The van der Waals surface area contributed by atoms with Gasteiger partial charge in [-0.05, 0) is 24.8 Å². The van der Waals surface area contributed by atoms with Crippen LogP contribution in [0.5, 0.6) is 0 Å². The Morgan fingerprint density at radius 1 is 1.29 bits per heavy atom. The highest BCUT2D eigenvalue weighted by Crippen LogP contribution is 2.32. The largest absolute Gasteiger partial charge is 0.318 e. The van der Waals surface area contributed by atoms with Gasteiger partial charge in [0.05, 0.1) is 5.69 Å². The molecule has 0 radical (unpaired) electrons. The van der Waals surface area contributed by atoms with Crippen molar-refractivity contribution >= 4 is 17.4 Å². The molecule has 0 fully saturated rings. The molecule has 1 aliphatic heterocycles. The number of rotatable bonds is 6. The highest BCUT2D eigenvalue weighted by molar-refractivity contribution is 7.98. The summed E-state index contributed by atoms with van der Waals surface area (Å²) in [4.78, 5) is 1.41. The van der Waals surface area contributed by atoms with Crippen molar-refractivity contribution in [3.05, 3.63) is 23.8 Å². The van der Waals surface area contributed by atoms with E-state index in [1.165, 1.54) is 41.8 Å². The summed E-state index contributed by atoms with van der Waals surface area (Å²) in [6, 6.07) is 6.53. The molecule has 0 aliphatic carbocycles. The molecule has 94 valence electrons. The zero-order chi connectivity index (χ0) is 12.1. The summed E-state index contributed by atoms with van der Waals surface area (Å²) in [5.41, 5.74) is 6.27. The van der Waals surface area contributed by atoms with E-state index < -0.39 is 0 Å². The number of hydrogen-bond donors (Lipinski definition) is 1. The number of hydrogen-bond acceptors (Lipinski definition) is 3. The van der Waals surface area contributed by atoms with Crippen molar-refractivity contribution < 1.29 is 0 Å². The molecule has 1 aromatic rings. The van der Waals surface area contributed by atoms with Crippen molar-refractivity contribution in [2.75, 3.05) is 18.2 Å². The number of hydrazine groups is 1. The SMILES string of the molecule is CCCCCCN1Cc2c(cccc2SC)N1. The Balaban J connectivity index is 1.88. The smallest absolute Gasteiger partial charge is 0.0547 e. The van der Waals surface area contributed by atoms with E-state index in [1.807, 2.05) is 11.8 Å². The predicted molar refractivity (Wildman–Crippen MR) is 76.4 cm³/mol. The number of nitrogens with zero attached hydrogens (tertiary/aromatic N) is 1. The molecule has 0 unspecified atom stereocenters. The summed E-state index contributed by atoms with van der Waals surface area (Å²) in [6.45, 7) is 4.47. The fourth-order valence-corrected chi connectivity index (χ4v) is 2.93. The van der Waals surface area contributed by atoms with Gasteiger partial charge in [-0.15, -0.1) is 11.8 Å². The molecule has 2 rings (SSSR count). The van der Waals surface area contributed by atoms with E-state index in [-0.39, 0.29) is 0 Å². The van der Waals surface area contributed by atoms with Gasteiger partial charge in [0.1, 0.15) is 0 Å². The van der Waals surface area contributed by atoms with Gasteiger partial charge in [-0.3, -0.25) is 0 Å². The quantitative estimate of drug-likeness (QED) is 0.603. The van der Waals surface area contributed by atoms with Crippen LogP contribution in [-0.4, -0.2) is 17.8 Å². The number of thioether (sulfide) groups is 1. The maximum absolute atomic E-state index is 3.51. The lowest BCUT2D eigenvalue weighted by Gasteiger charge is -2.15. The Morgan fingerprint density at radius 3 is 2.94 bits per heavy atom. The minimum absolute atomic E-state index is 1.05. The van der Waals surface area contributed by atoms with Gasteiger partial charge in [0.15, 0.2) is 0 Å². The minimum Gasteiger partial charge on any atom is -0.318 e. The Bertz CT molecular complexity index is 365. The van der Waals surface area contributed by atoms with Crippen molar-refractivity contribution in [2.45, 2.75) is 44.0 Å². The van der Waals surface area contributed by atoms with Crippen LogP contribution in [0, 0.1) is 0 Å². The van der Waals surface area contributed by atoms with E-state index >= 15 is 0 Å². The maximum Gasteiger partial charge on any atom is 0.0547 e. The van der Waals surface area contributed by atoms with Crippen LogP contribution in [0.3, 0.4) is 0 Å². The second-order valence-electron chi connectivity index (χ2n) is 4.58. The van der Waals surface area contributed by atoms with Crippen LogP contribution in [0.2, 0.25) is 0 Å². The van der Waals surface area contributed by atoms with Crippen LogP contribution in [-0.2, 0) is 6.54 Å². The molecule has 1 aliphatic rings. The third kappa shape index (κ3) is 3.17. The molecule has 0 saturated heterocycles. The molecule has 17 heavy (non-hydrogen) atoms. The summed E-state index contributed by atoms with van der Waals surface area (Å²) >= 11 is 1.84. The van der Waals surface area contributed by atoms with E-state index in [1.54, 1.807) is 0 Å². The van der Waals surface area contributed by atoms with Crippen LogP contribution in [0.4, 0.5) is 5.69 Å². The second-order valence-corrected chi connectivity index (χ2v) is 5.43. The average molecular weight is 250 g/mol. The summed E-state index contributed by atoms with van der Waals surface area (Å²) in [5, 5.41) is 2.35. The standard InChI is InChI=1S/C14H22N2S/c1-3-4-5-6-10-16-11-12-13(15-16)8-7-9-14(12)17-2/h7-9,15H,3-6,10-11H2,1-2H3. The number of fused-ring (bicyclic) bond motifs is 1. The van der Waals surface area contributed by atoms with Gasteiger partial charge in [-0.2, -0.15) is 0 Å². The lowest BCUT2D eigenvalue weighted by Crippen LogP contribution is -2.24. The Morgan fingerprint density at radius 2 is 2.18 bits per heavy atom. The molecule has 1 N–H and O–H groups in total. The monoisotopic (exact) mass is 250 g/mol. The summed E-state index contributed by atoms with van der Waals surface area (Å²) in [7, 11) is 0. The molecular weight excluding hydrogens is 228 g/mol. The van der Waals surface area contributed by atoms with Crippen molar-refractivity contribution in [1.29, 1.82) is 0 Å². The van der Waals surface area contributed by atoms with Crippen LogP contribution >= 0.6 is 11.8 Å². The van der Waals surface area contributed by atoms with E-state index in [0.29, 0.717) is 0 Å².